The number of nitrogens with zero attached hydrogens (tertiary/aromatic N) is 1. The van der Waals surface area contributed by atoms with E-state index >= 15 is 0 Å². The van der Waals surface area contributed by atoms with Gasteiger partial charge in [-0.05, 0) is 57.7 Å². The molecule has 38 heavy (non-hydrogen) atoms. The molecule has 0 amide bonds. The average Bonchev–Trinajstić information content (AvgIpc) is 3.27. The monoisotopic (exact) mass is 514 g/mol. The molecule has 1 aromatic heterocycles. The molecule has 7 nitrogen and oxygen atoms in total. The molecule has 3 aromatic rings. The highest BCUT2D eigenvalue weighted by atomic mass is 16.5. The van der Waals surface area contributed by atoms with Gasteiger partial charge in [-0.3, -0.25) is 0 Å². The summed E-state index contributed by atoms with van der Waals surface area (Å²) in [6.07, 6.45) is 1.26. The van der Waals surface area contributed by atoms with Crippen LogP contribution < -0.4 is 5.32 Å². The highest BCUT2D eigenvalue weighted by molar-refractivity contribution is 6.00. The van der Waals surface area contributed by atoms with E-state index in [0.29, 0.717) is 52.4 Å². The summed E-state index contributed by atoms with van der Waals surface area (Å²) in [7, 11) is 0. The van der Waals surface area contributed by atoms with Crippen LogP contribution in [0.2, 0.25) is 0 Å². The maximum Gasteiger partial charge on any atom is 0.336 e. The number of carbonyl (C=O) groups is 2. The van der Waals surface area contributed by atoms with Crippen molar-refractivity contribution in [3.8, 4) is 11.1 Å². The van der Waals surface area contributed by atoms with Crippen molar-refractivity contribution in [2.45, 2.75) is 53.4 Å². The topological polar surface area (TPSA) is 90.7 Å². The lowest BCUT2D eigenvalue weighted by Crippen LogP contribution is -2.33. The second-order valence-corrected chi connectivity index (χ2v) is 9.24. The lowest BCUT2D eigenvalue weighted by atomic mass is 9.79. The molecule has 2 heterocycles. The fourth-order valence-corrected chi connectivity index (χ4v) is 4.97. The number of rotatable bonds is 9. The third-order valence-corrected chi connectivity index (χ3v) is 6.72. The summed E-state index contributed by atoms with van der Waals surface area (Å²) >= 11 is 0. The van der Waals surface area contributed by atoms with Crippen LogP contribution in [-0.4, -0.2) is 30.3 Å². The number of ether oxygens (including phenoxy) is 2. The quantitative estimate of drug-likeness (QED) is 0.361. The number of hydrogen-bond donors (Lipinski definition) is 1. The Kier molecular flexibility index (Phi) is 8.46. The van der Waals surface area contributed by atoms with Gasteiger partial charge in [0.1, 0.15) is 5.76 Å². The Balaban J connectivity index is 1.68. The average molecular weight is 515 g/mol. The summed E-state index contributed by atoms with van der Waals surface area (Å²) in [5.41, 5.74) is 6.77. The first-order chi connectivity index (χ1) is 18.3. The van der Waals surface area contributed by atoms with E-state index in [4.69, 9.17) is 14.0 Å². The van der Waals surface area contributed by atoms with Crippen molar-refractivity contribution in [2.75, 3.05) is 13.2 Å². The smallest absolute Gasteiger partial charge is 0.336 e. The van der Waals surface area contributed by atoms with Crippen molar-refractivity contribution >= 4 is 11.9 Å². The van der Waals surface area contributed by atoms with Gasteiger partial charge in [-0.1, -0.05) is 59.8 Å². The maximum atomic E-state index is 13.2. The van der Waals surface area contributed by atoms with Crippen LogP contribution in [0.25, 0.3) is 11.1 Å². The van der Waals surface area contributed by atoms with Crippen LogP contribution in [0.3, 0.4) is 0 Å². The molecule has 1 N–H and O–H groups in total. The molecule has 7 heteroatoms. The van der Waals surface area contributed by atoms with E-state index in [1.807, 2.05) is 39.0 Å². The molecule has 1 aliphatic rings. The third-order valence-electron chi connectivity index (χ3n) is 6.72. The number of esters is 2. The summed E-state index contributed by atoms with van der Waals surface area (Å²) in [6, 6.07) is 18.7. The minimum Gasteiger partial charge on any atom is -0.463 e. The van der Waals surface area contributed by atoms with Gasteiger partial charge in [-0.2, -0.15) is 0 Å². The molecule has 1 aliphatic heterocycles. The van der Waals surface area contributed by atoms with Crippen molar-refractivity contribution in [2.24, 2.45) is 0 Å². The summed E-state index contributed by atoms with van der Waals surface area (Å²) < 4.78 is 16.6. The molecule has 0 saturated carbocycles. The molecule has 198 valence electrons. The van der Waals surface area contributed by atoms with Gasteiger partial charge < -0.3 is 19.3 Å². The van der Waals surface area contributed by atoms with E-state index < -0.39 is 17.9 Å². The van der Waals surface area contributed by atoms with Gasteiger partial charge in [0.2, 0.25) is 0 Å². The van der Waals surface area contributed by atoms with Gasteiger partial charge in [0.05, 0.1) is 36.0 Å². The van der Waals surface area contributed by atoms with Gasteiger partial charge in [-0.25, -0.2) is 9.59 Å². The summed E-state index contributed by atoms with van der Waals surface area (Å²) in [4.78, 5) is 26.3. The molecule has 0 bridgehead atoms. The number of nitrogens with one attached hydrogen (secondary N) is 1. The largest absolute Gasteiger partial charge is 0.463 e. The molecule has 0 saturated heterocycles. The van der Waals surface area contributed by atoms with E-state index in [-0.39, 0.29) is 13.2 Å². The number of allylic oxidation sites excluding steroid dienone is 2. The van der Waals surface area contributed by atoms with Crippen LogP contribution in [-0.2, 0) is 31.9 Å². The second-order valence-electron chi connectivity index (χ2n) is 9.24. The Hall–Kier alpha value is -4.13. The first-order valence-corrected chi connectivity index (χ1v) is 13.0. The van der Waals surface area contributed by atoms with Gasteiger partial charge >= 0.3 is 11.9 Å². The van der Waals surface area contributed by atoms with Crippen LogP contribution in [0, 0.1) is 6.92 Å². The van der Waals surface area contributed by atoms with Crippen LogP contribution in [0.5, 0.6) is 0 Å². The highest BCUT2D eigenvalue weighted by Crippen LogP contribution is 2.42. The van der Waals surface area contributed by atoms with Gasteiger partial charge in [0.25, 0.3) is 0 Å². The molecular formula is C31H34N2O5. The Morgan fingerprint density at radius 3 is 1.92 bits per heavy atom. The van der Waals surface area contributed by atoms with Crippen molar-refractivity contribution in [3.63, 3.8) is 0 Å². The Morgan fingerprint density at radius 2 is 1.37 bits per heavy atom. The third kappa shape index (κ3) is 5.57. The molecule has 0 aliphatic carbocycles. The van der Waals surface area contributed by atoms with Crippen LogP contribution >= 0.6 is 0 Å². The van der Waals surface area contributed by atoms with Crippen molar-refractivity contribution in [1.82, 2.24) is 10.5 Å². The molecule has 2 aromatic carbocycles. The number of hydrogen-bond acceptors (Lipinski definition) is 7. The van der Waals surface area contributed by atoms with E-state index in [2.05, 4.69) is 46.9 Å². The maximum absolute atomic E-state index is 13.2. The van der Waals surface area contributed by atoms with Gasteiger partial charge in [0.15, 0.2) is 0 Å². The molecular weight excluding hydrogens is 480 g/mol. The standard InChI is InChI=1S/C31H34N2O5/c1-6-36-30(34)27-19(3)32-20(4)28(31(35)37-7-2)29(27)26-21(5)33-38-25(26)18-15-22-13-16-24(17-14-22)23-11-9-8-10-12-23/h8-14,16-17,29,32H,6-7,15,18H2,1-5H3. The van der Waals surface area contributed by atoms with Crippen LogP contribution in [0.4, 0.5) is 0 Å². The van der Waals surface area contributed by atoms with Crippen LogP contribution in [0.15, 0.2) is 81.7 Å². The fraction of sp³-hybridized carbons (Fsp3) is 0.323. The van der Waals surface area contributed by atoms with E-state index in [0.717, 1.165) is 11.1 Å². The summed E-state index contributed by atoms with van der Waals surface area (Å²) in [5.74, 6) is -1.05. The van der Waals surface area contributed by atoms with Gasteiger partial charge in [-0.15, -0.1) is 0 Å². The van der Waals surface area contributed by atoms with Crippen molar-refractivity contribution in [3.05, 3.63) is 99.7 Å². The number of benzene rings is 2. The van der Waals surface area contributed by atoms with E-state index in [9.17, 15) is 9.59 Å². The number of dihydropyridines is 1. The number of carbonyl (C=O) groups excluding carboxylic acids is 2. The Labute approximate surface area is 223 Å². The normalized spacial score (nSPS) is 13.9. The number of aromatic nitrogens is 1. The van der Waals surface area contributed by atoms with Crippen molar-refractivity contribution < 1.29 is 23.6 Å². The van der Waals surface area contributed by atoms with Gasteiger partial charge in [0, 0.05) is 23.4 Å². The first kappa shape index (κ1) is 26.9. The Bertz CT molecular complexity index is 1330. The lowest BCUT2D eigenvalue weighted by Gasteiger charge is -2.30. The van der Waals surface area contributed by atoms with E-state index in [1.54, 1.807) is 13.8 Å². The zero-order chi connectivity index (χ0) is 27.2. The van der Waals surface area contributed by atoms with Crippen molar-refractivity contribution in [1.29, 1.82) is 0 Å². The Morgan fingerprint density at radius 1 is 0.816 bits per heavy atom. The SMILES string of the molecule is CCOC(=O)C1=C(C)NC(C)=C(C(=O)OCC)C1c1c(C)noc1CCc1ccc(-c2ccccc2)cc1. The first-order valence-electron chi connectivity index (χ1n) is 13.0. The number of aryl methyl sites for hydroxylation is 3. The highest BCUT2D eigenvalue weighted by Gasteiger charge is 2.41. The lowest BCUT2D eigenvalue weighted by molar-refractivity contribution is -0.139. The molecule has 0 atom stereocenters. The van der Waals surface area contributed by atoms with Crippen LogP contribution in [0.1, 0.15) is 56.2 Å². The zero-order valence-corrected chi connectivity index (χ0v) is 22.6. The predicted molar refractivity (Wildman–Crippen MR) is 145 cm³/mol. The second kappa shape index (κ2) is 11.9. The molecule has 0 fully saturated rings. The molecule has 0 radical (unpaired) electrons. The minimum absolute atomic E-state index is 0.216. The summed E-state index contributed by atoms with van der Waals surface area (Å²) in [5, 5.41) is 7.41. The molecule has 0 unspecified atom stereocenters. The fourth-order valence-electron chi connectivity index (χ4n) is 4.97. The summed E-state index contributed by atoms with van der Waals surface area (Å²) in [6.45, 7) is 9.39. The molecule has 0 spiro atoms. The zero-order valence-electron chi connectivity index (χ0n) is 22.6. The minimum atomic E-state index is -0.712. The molecule has 4 rings (SSSR count). The predicted octanol–water partition coefficient (Wildman–Crippen LogP) is 5.80. The van der Waals surface area contributed by atoms with E-state index in [1.165, 1.54) is 5.56 Å².